The zero-order chi connectivity index (χ0) is 23.5. The third-order valence-corrected chi connectivity index (χ3v) is 5.90. The van der Waals surface area contributed by atoms with Gasteiger partial charge >= 0.3 is 12.0 Å². The van der Waals surface area contributed by atoms with Crippen molar-refractivity contribution in [1.82, 2.24) is 4.90 Å². The summed E-state index contributed by atoms with van der Waals surface area (Å²) in [6.07, 6.45) is 0.346. The standard InChI is InChI=1S/C26H25N3O4/c1-3-23(25(31)32)29-16(2)22-15-18(11-14-21(22)24(29)30)17-9-12-20(13-10-17)28-26(33)27-19-7-5-4-6-8-19/h4-16,23H,3H2,1-2H3,(H,31,32)(H2,27,28,33). The number of aliphatic carboxylic acids is 1. The Bertz CT molecular complexity index is 1190. The molecule has 0 fully saturated rings. The summed E-state index contributed by atoms with van der Waals surface area (Å²) in [7, 11) is 0. The lowest BCUT2D eigenvalue weighted by Crippen LogP contribution is -2.42. The number of carbonyl (C=O) groups excluding carboxylic acids is 2. The van der Waals surface area contributed by atoms with Gasteiger partial charge < -0.3 is 20.6 Å². The van der Waals surface area contributed by atoms with Gasteiger partial charge in [-0.15, -0.1) is 0 Å². The molecule has 2 unspecified atom stereocenters. The number of carboxylic acids is 1. The first-order valence-corrected chi connectivity index (χ1v) is 10.8. The topological polar surface area (TPSA) is 98.7 Å². The van der Waals surface area contributed by atoms with E-state index in [1.807, 2.05) is 73.7 Å². The number of anilines is 2. The number of carbonyl (C=O) groups is 3. The van der Waals surface area contributed by atoms with Gasteiger partial charge in [0.05, 0.1) is 6.04 Å². The van der Waals surface area contributed by atoms with Gasteiger partial charge in [0, 0.05) is 16.9 Å². The molecule has 4 rings (SSSR count). The van der Waals surface area contributed by atoms with Crippen molar-refractivity contribution < 1.29 is 19.5 Å². The van der Waals surface area contributed by atoms with E-state index in [0.29, 0.717) is 23.4 Å². The molecule has 3 aromatic rings. The van der Waals surface area contributed by atoms with E-state index < -0.39 is 12.0 Å². The molecule has 3 N–H and O–H groups in total. The number of rotatable bonds is 6. The summed E-state index contributed by atoms with van der Waals surface area (Å²) in [5, 5.41) is 15.1. The van der Waals surface area contributed by atoms with E-state index in [1.165, 1.54) is 4.90 Å². The summed E-state index contributed by atoms with van der Waals surface area (Å²) >= 11 is 0. The van der Waals surface area contributed by atoms with Crippen molar-refractivity contribution in [2.24, 2.45) is 0 Å². The minimum absolute atomic E-state index is 0.248. The Morgan fingerprint density at radius 1 is 0.939 bits per heavy atom. The maximum Gasteiger partial charge on any atom is 0.326 e. The van der Waals surface area contributed by atoms with Gasteiger partial charge in [-0.25, -0.2) is 9.59 Å². The number of urea groups is 1. The van der Waals surface area contributed by atoms with Crippen LogP contribution in [0.15, 0.2) is 72.8 Å². The third-order valence-electron chi connectivity index (χ3n) is 5.90. The third kappa shape index (κ3) is 4.43. The second-order valence-corrected chi connectivity index (χ2v) is 7.98. The number of amides is 3. The monoisotopic (exact) mass is 443 g/mol. The molecule has 2 atom stereocenters. The first kappa shape index (κ1) is 22.1. The van der Waals surface area contributed by atoms with Gasteiger partial charge in [-0.05, 0) is 66.4 Å². The van der Waals surface area contributed by atoms with Crippen molar-refractivity contribution in [1.29, 1.82) is 0 Å². The summed E-state index contributed by atoms with van der Waals surface area (Å²) in [6.45, 7) is 3.63. The maximum atomic E-state index is 12.9. The van der Waals surface area contributed by atoms with Crippen molar-refractivity contribution in [3.05, 3.63) is 83.9 Å². The van der Waals surface area contributed by atoms with Gasteiger partial charge in [-0.2, -0.15) is 0 Å². The molecular formula is C26H25N3O4. The molecule has 1 heterocycles. The highest BCUT2D eigenvalue weighted by molar-refractivity contribution is 6.02. The second-order valence-electron chi connectivity index (χ2n) is 7.98. The predicted molar refractivity (Wildman–Crippen MR) is 127 cm³/mol. The molecular weight excluding hydrogens is 418 g/mol. The van der Waals surface area contributed by atoms with Gasteiger partial charge in [-0.3, -0.25) is 4.79 Å². The fourth-order valence-electron chi connectivity index (χ4n) is 4.21. The van der Waals surface area contributed by atoms with E-state index in [2.05, 4.69) is 10.6 Å². The summed E-state index contributed by atoms with van der Waals surface area (Å²) in [5.74, 6) is -1.24. The van der Waals surface area contributed by atoms with Gasteiger partial charge in [0.25, 0.3) is 5.91 Å². The molecule has 3 aromatic carbocycles. The van der Waals surface area contributed by atoms with Crippen LogP contribution in [0.25, 0.3) is 11.1 Å². The lowest BCUT2D eigenvalue weighted by atomic mass is 9.98. The molecule has 1 aliphatic rings. The summed E-state index contributed by atoms with van der Waals surface area (Å²) in [5.41, 5.74) is 4.56. The average Bonchev–Trinajstić information content (AvgIpc) is 3.05. The van der Waals surface area contributed by atoms with Crippen LogP contribution in [0.2, 0.25) is 0 Å². The molecule has 168 valence electrons. The largest absolute Gasteiger partial charge is 0.480 e. The van der Waals surface area contributed by atoms with Crippen LogP contribution in [-0.4, -0.2) is 34.0 Å². The minimum atomic E-state index is -0.995. The second kappa shape index (κ2) is 9.16. The minimum Gasteiger partial charge on any atom is -0.480 e. The first-order valence-electron chi connectivity index (χ1n) is 10.8. The van der Waals surface area contributed by atoms with Crippen LogP contribution in [0, 0.1) is 0 Å². The molecule has 7 heteroatoms. The smallest absolute Gasteiger partial charge is 0.326 e. The highest BCUT2D eigenvalue weighted by Crippen LogP contribution is 2.38. The molecule has 1 aliphatic heterocycles. The number of hydrogen-bond acceptors (Lipinski definition) is 3. The van der Waals surface area contributed by atoms with Gasteiger partial charge in [0.2, 0.25) is 0 Å². The Morgan fingerprint density at radius 3 is 2.15 bits per heavy atom. The molecule has 7 nitrogen and oxygen atoms in total. The number of para-hydroxylation sites is 1. The molecule has 0 aromatic heterocycles. The van der Waals surface area contributed by atoms with Crippen molar-refractivity contribution in [3.63, 3.8) is 0 Å². The van der Waals surface area contributed by atoms with Crippen molar-refractivity contribution in [3.8, 4) is 11.1 Å². The molecule has 0 spiro atoms. The van der Waals surface area contributed by atoms with E-state index in [9.17, 15) is 19.5 Å². The number of nitrogens with one attached hydrogen (secondary N) is 2. The van der Waals surface area contributed by atoms with Crippen LogP contribution in [0.4, 0.5) is 16.2 Å². The number of fused-ring (bicyclic) bond motifs is 1. The number of nitrogens with zero attached hydrogens (tertiary/aromatic N) is 1. The fourth-order valence-corrected chi connectivity index (χ4v) is 4.21. The number of carboxylic acid groups (broad SMARTS) is 1. The summed E-state index contributed by atoms with van der Waals surface area (Å²) in [6, 6.07) is 20.7. The van der Waals surface area contributed by atoms with Gasteiger partial charge in [-0.1, -0.05) is 43.3 Å². The Kier molecular flexibility index (Phi) is 6.13. The van der Waals surface area contributed by atoms with Crippen LogP contribution < -0.4 is 10.6 Å². The highest BCUT2D eigenvalue weighted by Gasteiger charge is 2.40. The van der Waals surface area contributed by atoms with Crippen molar-refractivity contribution in [2.45, 2.75) is 32.4 Å². The highest BCUT2D eigenvalue weighted by atomic mass is 16.4. The predicted octanol–water partition coefficient (Wildman–Crippen LogP) is 5.38. The van der Waals surface area contributed by atoms with Gasteiger partial charge in [0.1, 0.15) is 6.04 Å². The molecule has 3 amide bonds. The van der Waals surface area contributed by atoms with E-state index in [4.69, 9.17) is 0 Å². The first-order chi connectivity index (χ1) is 15.9. The van der Waals surface area contributed by atoms with E-state index in [1.54, 1.807) is 13.0 Å². The molecule has 33 heavy (non-hydrogen) atoms. The summed E-state index contributed by atoms with van der Waals surface area (Å²) < 4.78 is 0. The lowest BCUT2D eigenvalue weighted by Gasteiger charge is -2.28. The number of benzene rings is 3. The van der Waals surface area contributed by atoms with Crippen LogP contribution >= 0.6 is 0 Å². The van der Waals surface area contributed by atoms with Crippen LogP contribution in [0.3, 0.4) is 0 Å². The molecule has 0 radical (unpaired) electrons. The van der Waals surface area contributed by atoms with Crippen molar-refractivity contribution >= 4 is 29.3 Å². The van der Waals surface area contributed by atoms with Crippen LogP contribution in [0.5, 0.6) is 0 Å². The van der Waals surface area contributed by atoms with Crippen LogP contribution in [-0.2, 0) is 4.79 Å². The zero-order valence-corrected chi connectivity index (χ0v) is 18.4. The quantitative estimate of drug-likeness (QED) is 0.476. The SMILES string of the molecule is CCC(C(=O)O)N1C(=O)c2ccc(-c3ccc(NC(=O)Nc4ccccc4)cc3)cc2C1C. The van der Waals surface area contributed by atoms with Gasteiger partial charge in [0.15, 0.2) is 0 Å². The molecule has 0 aliphatic carbocycles. The Hall–Kier alpha value is -4.13. The molecule has 0 bridgehead atoms. The molecule has 0 saturated carbocycles. The van der Waals surface area contributed by atoms with E-state index >= 15 is 0 Å². The fraction of sp³-hybridized carbons (Fsp3) is 0.192. The molecule has 0 saturated heterocycles. The Balaban J connectivity index is 1.50. The number of hydrogen-bond donors (Lipinski definition) is 3. The van der Waals surface area contributed by atoms with Crippen molar-refractivity contribution in [2.75, 3.05) is 10.6 Å². The normalized spacial score (nSPS) is 15.6. The summed E-state index contributed by atoms with van der Waals surface area (Å²) in [4.78, 5) is 38.1. The zero-order valence-electron chi connectivity index (χ0n) is 18.4. The maximum absolute atomic E-state index is 12.9. The van der Waals surface area contributed by atoms with Crippen LogP contribution in [0.1, 0.15) is 42.2 Å². The average molecular weight is 444 g/mol. The van der Waals surface area contributed by atoms with E-state index in [-0.39, 0.29) is 18.0 Å². The lowest BCUT2D eigenvalue weighted by molar-refractivity contribution is -0.143. The van der Waals surface area contributed by atoms with E-state index in [0.717, 1.165) is 16.7 Å². The Labute approximate surface area is 192 Å². The Morgan fingerprint density at radius 2 is 1.55 bits per heavy atom.